The smallest absolute Gasteiger partial charge is 0.230 e. The number of nitrogens with one attached hydrogen (secondary N) is 1. The van der Waals surface area contributed by atoms with E-state index in [-0.39, 0.29) is 5.91 Å². The Bertz CT molecular complexity index is 528. The molecule has 1 N–H and O–H groups in total. The van der Waals surface area contributed by atoms with E-state index < -0.39 is 0 Å². The van der Waals surface area contributed by atoms with Crippen LogP contribution in [0.4, 0.5) is 0 Å². The van der Waals surface area contributed by atoms with Crippen LogP contribution in [-0.2, 0) is 10.5 Å². The minimum Gasteiger partial charge on any atom is -0.355 e. The Morgan fingerprint density at radius 3 is 2.85 bits per heavy atom. The second-order valence-corrected chi connectivity index (χ2v) is 8.09. The van der Waals surface area contributed by atoms with E-state index in [1.807, 2.05) is 12.3 Å². The Labute approximate surface area is 134 Å². The lowest BCUT2D eigenvalue weighted by molar-refractivity contribution is -0.118. The van der Waals surface area contributed by atoms with E-state index in [4.69, 9.17) is 0 Å². The summed E-state index contributed by atoms with van der Waals surface area (Å²) in [5.41, 5.74) is 0. The topological polar surface area (TPSA) is 67.8 Å². The zero-order valence-electron chi connectivity index (χ0n) is 10.9. The number of rotatable bonds is 8. The molecular weight excluding hydrogens is 332 g/mol. The van der Waals surface area contributed by atoms with Crippen LogP contribution in [0.2, 0.25) is 0 Å². The summed E-state index contributed by atoms with van der Waals surface area (Å²) in [6.07, 6.45) is 2.75. The molecule has 9 heteroatoms. The molecule has 0 bridgehead atoms. The summed E-state index contributed by atoms with van der Waals surface area (Å²) in [4.78, 5) is 15.7. The third-order valence-corrected chi connectivity index (χ3v) is 6.25. The fourth-order valence-electron chi connectivity index (χ4n) is 1.20. The van der Waals surface area contributed by atoms with E-state index in [1.165, 1.54) is 23.1 Å². The van der Waals surface area contributed by atoms with Gasteiger partial charge < -0.3 is 5.32 Å². The maximum absolute atomic E-state index is 11.5. The second kappa shape index (κ2) is 8.60. The molecule has 0 atom stereocenters. The van der Waals surface area contributed by atoms with Gasteiger partial charge in [0.15, 0.2) is 8.68 Å². The van der Waals surface area contributed by atoms with Crippen LogP contribution in [0.1, 0.15) is 18.4 Å². The summed E-state index contributed by atoms with van der Waals surface area (Å²) < 4.78 is 1.75. The summed E-state index contributed by atoms with van der Waals surface area (Å²) in [6, 6.07) is 0. The number of carbonyl (C=O) groups excluding carboxylic acids is 1. The standard InChI is InChI=1S/C11H14N4OS4/c1-2-3-12-8(16)6-18-10-14-15-11(20-10)19-7-9-13-4-5-17-9/h4-5H,2-3,6-7H2,1H3,(H,12,16). The van der Waals surface area contributed by atoms with Crippen molar-refractivity contribution in [2.45, 2.75) is 27.8 Å². The van der Waals surface area contributed by atoms with Gasteiger partial charge in [0.1, 0.15) is 5.01 Å². The lowest BCUT2D eigenvalue weighted by Gasteiger charge is -2.00. The predicted octanol–water partition coefficient (Wildman–Crippen LogP) is 2.91. The molecule has 2 aromatic rings. The van der Waals surface area contributed by atoms with Crippen LogP contribution in [0, 0.1) is 0 Å². The van der Waals surface area contributed by atoms with Crippen LogP contribution in [0.15, 0.2) is 20.3 Å². The molecule has 108 valence electrons. The first-order valence-corrected chi connectivity index (χ1v) is 9.69. The molecular formula is C11H14N4OS4. The lowest BCUT2D eigenvalue weighted by atomic mass is 10.5. The quantitative estimate of drug-likeness (QED) is 0.741. The molecule has 0 spiro atoms. The second-order valence-electron chi connectivity index (χ2n) is 3.69. The van der Waals surface area contributed by atoms with Gasteiger partial charge in [-0.1, -0.05) is 41.8 Å². The lowest BCUT2D eigenvalue weighted by Crippen LogP contribution is -2.25. The summed E-state index contributed by atoms with van der Waals surface area (Å²) in [6.45, 7) is 2.76. The molecule has 1 amide bonds. The minimum absolute atomic E-state index is 0.0454. The minimum atomic E-state index is 0.0454. The van der Waals surface area contributed by atoms with E-state index in [9.17, 15) is 4.79 Å². The summed E-state index contributed by atoms with van der Waals surface area (Å²) in [5.74, 6) is 1.25. The molecule has 2 rings (SSSR count). The highest BCUT2D eigenvalue weighted by Gasteiger charge is 2.09. The molecule has 0 radical (unpaired) electrons. The molecule has 2 aromatic heterocycles. The molecule has 5 nitrogen and oxygen atoms in total. The Morgan fingerprint density at radius 2 is 2.15 bits per heavy atom. The third kappa shape index (κ3) is 5.39. The third-order valence-electron chi connectivity index (χ3n) is 2.09. The number of carbonyl (C=O) groups is 1. The zero-order chi connectivity index (χ0) is 14.2. The Hall–Kier alpha value is -0.640. The van der Waals surface area contributed by atoms with Gasteiger partial charge in [-0.05, 0) is 6.42 Å². The highest BCUT2D eigenvalue weighted by Crippen LogP contribution is 2.30. The monoisotopic (exact) mass is 346 g/mol. The summed E-state index contributed by atoms with van der Waals surface area (Å²) in [5, 5.41) is 14.1. The van der Waals surface area contributed by atoms with Crippen molar-refractivity contribution in [1.29, 1.82) is 0 Å². The summed E-state index contributed by atoms with van der Waals surface area (Å²) in [7, 11) is 0. The number of nitrogens with zero attached hydrogens (tertiary/aromatic N) is 3. The number of thiazole rings is 1. The van der Waals surface area contributed by atoms with Crippen LogP contribution in [0.25, 0.3) is 0 Å². The molecule has 20 heavy (non-hydrogen) atoms. The average molecular weight is 347 g/mol. The Kier molecular flexibility index (Phi) is 6.77. The van der Waals surface area contributed by atoms with E-state index >= 15 is 0 Å². The SMILES string of the molecule is CCCNC(=O)CSc1nnc(SCc2nccs2)s1. The average Bonchev–Trinajstić information content (AvgIpc) is 3.11. The van der Waals surface area contributed by atoms with Crippen LogP contribution in [-0.4, -0.2) is 33.4 Å². The number of thioether (sulfide) groups is 2. The molecule has 0 unspecified atom stereocenters. The number of aromatic nitrogens is 3. The molecule has 0 aromatic carbocycles. The first kappa shape index (κ1) is 15.7. The molecule has 0 aliphatic carbocycles. The highest BCUT2D eigenvalue weighted by molar-refractivity contribution is 8.03. The maximum Gasteiger partial charge on any atom is 0.230 e. The van der Waals surface area contributed by atoms with Gasteiger partial charge in [0.25, 0.3) is 0 Å². The van der Waals surface area contributed by atoms with Gasteiger partial charge in [0.05, 0.1) is 11.5 Å². The molecule has 0 fully saturated rings. The first-order chi connectivity index (χ1) is 9.78. The van der Waals surface area contributed by atoms with Gasteiger partial charge in [0.2, 0.25) is 5.91 Å². The zero-order valence-corrected chi connectivity index (χ0v) is 14.1. The normalized spacial score (nSPS) is 10.7. The highest BCUT2D eigenvalue weighted by atomic mass is 32.2. The molecule has 0 saturated carbocycles. The number of hydrogen-bond donors (Lipinski definition) is 1. The maximum atomic E-state index is 11.5. The number of amides is 1. The van der Waals surface area contributed by atoms with E-state index in [0.29, 0.717) is 5.75 Å². The Balaban J connectivity index is 1.73. The Morgan fingerprint density at radius 1 is 1.35 bits per heavy atom. The first-order valence-electron chi connectivity index (χ1n) is 6.02. The number of hydrogen-bond acceptors (Lipinski definition) is 8. The van der Waals surface area contributed by atoms with Gasteiger partial charge >= 0.3 is 0 Å². The van der Waals surface area contributed by atoms with E-state index in [2.05, 4.69) is 20.5 Å². The van der Waals surface area contributed by atoms with Gasteiger partial charge in [0, 0.05) is 18.1 Å². The van der Waals surface area contributed by atoms with Gasteiger partial charge in [-0.3, -0.25) is 4.79 Å². The van der Waals surface area contributed by atoms with Crippen LogP contribution in [0.3, 0.4) is 0 Å². The predicted molar refractivity (Wildman–Crippen MR) is 85.6 cm³/mol. The van der Waals surface area contributed by atoms with Crippen molar-refractivity contribution in [2.24, 2.45) is 0 Å². The largest absolute Gasteiger partial charge is 0.355 e. The van der Waals surface area contributed by atoms with Crippen molar-refractivity contribution in [3.63, 3.8) is 0 Å². The molecule has 0 aliphatic heterocycles. The van der Waals surface area contributed by atoms with Crippen molar-refractivity contribution in [1.82, 2.24) is 20.5 Å². The van der Waals surface area contributed by atoms with Crippen molar-refractivity contribution in [2.75, 3.05) is 12.3 Å². The van der Waals surface area contributed by atoms with Gasteiger partial charge in [-0.15, -0.1) is 21.5 Å². The van der Waals surface area contributed by atoms with Gasteiger partial charge in [-0.2, -0.15) is 0 Å². The van der Waals surface area contributed by atoms with E-state index in [0.717, 1.165) is 32.4 Å². The van der Waals surface area contributed by atoms with Crippen molar-refractivity contribution in [3.8, 4) is 0 Å². The molecule has 0 aliphatic rings. The van der Waals surface area contributed by atoms with E-state index in [1.54, 1.807) is 29.3 Å². The van der Waals surface area contributed by atoms with Crippen molar-refractivity contribution < 1.29 is 4.79 Å². The van der Waals surface area contributed by atoms with Crippen LogP contribution < -0.4 is 5.32 Å². The van der Waals surface area contributed by atoms with Crippen LogP contribution >= 0.6 is 46.2 Å². The fourth-order valence-corrected chi connectivity index (χ4v) is 4.70. The molecule has 0 saturated heterocycles. The molecule has 2 heterocycles. The fraction of sp³-hybridized carbons (Fsp3) is 0.455. The van der Waals surface area contributed by atoms with Crippen LogP contribution in [0.5, 0.6) is 0 Å². The van der Waals surface area contributed by atoms with Crippen molar-refractivity contribution in [3.05, 3.63) is 16.6 Å². The van der Waals surface area contributed by atoms with Gasteiger partial charge in [-0.25, -0.2) is 4.98 Å². The summed E-state index contributed by atoms with van der Waals surface area (Å²) >= 11 is 6.21. The van der Waals surface area contributed by atoms with Crippen molar-refractivity contribution >= 4 is 52.1 Å².